The number of unbranched alkanes of at least 4 members (excludes halogenated alkanes) is 4. The number of rotatable bonds is 12. The molecule has 3 nitrogen and oxygen atoms in total. The standard InChI is InChI=1S/C29H38O3/c1-2-3-4-5-6-7-23-8-10-25(11-9-23)22-32-28-19-17-27(18-20-28)26-15-12-24(13-16-26)14-21-29(30)31/h12-21,23,25H,2-11,22H2,1H3,(H,30,31)/b21-14+. The molecule has 0 unspecified atom stereocenters. The summed E-state index contributed by atoms with van der Waals surface area (Å²) in [5.41, 5.74) is 3.12. The van der Waals surface area contributed by atoms with Crippen molar-refractivity contribution >= 4 is 12.0 Å². The minimum atomic E-state index is -0.935. The lowest BCUT2D eigenvalue weighted by Gasteiger charge is -2.28. The van der Waals surface area contributed by atoms with Crippen molar-refractivity contribution in [3.8, 4) is 16.9 Å². The third kappa shape index (κ3) is 8.18. The van der Waals surface area contributed by atoms with E-state index in [-0.39, 0.29) is 0 Å². The van der Waals surface area contributed by atoms with Gasteiger partial charge in [-0.05, 0) is 59.6 Å². The van der Waals surface area contributed by atoms with Gasteiger partial charge in [-0.2, -0.15) is 0 Å². The van der Waals surface area contributed by atoms with Gasteiger partial charge in [-0.25, -0.2) is 4.79 Å². The van der Waals surface area contributed by atoms with Crippen LogP contribution in [0.15, 0.2) is 54.6 Å². The van der Waals surface area contributed by atoms with Gasteiger partial charge in [-0.1, -0.05) is 94.7 Å². The van der Waals surface area contributed by atoms with Gasteiger partial charge in [-0.3, -0.25) is 0 Å². The van der Waals surface area contributed by atoms with Crippen LogP contribution in [0.5, 0.6) is 5.75 Å². The number of hydrogen-bond donors (Lipinski definition) is 1. The predicted octanol–water partition coefficient (Wildman–Crippen LogP) is 8.00. The average molecular weight is 435 g/mol. The van der Waals surface area contributed by atoms with Crippen molar-refractivity contribution in [3.63, 3.8) is 0 Å². The van der Waals surface area contributed by atoms with Crippen LogP contribution in [0, 0.1) is 11.8 Å². The Hall–Kier alpha value is -2.55. The summed E-state index contributed by atoms with van der Waals surface area (Å²) in [6.45, 7) is 3.11. The molecule has 0 radical (unpaired) electrons. The third-order valence-corrected chi connectivity index (χ3v) is 6.68. The Morgan fingerprint density at radius 2 is 1.47 bits per heavy atom. The first-order chi connectivity index (χ1) is 15.6. The monoisotopic (exact) mass is 434 g/mol. The van der Waals surface area contributed by atoms with E-state index in [1.165, 1.54) is 64.2 Å². The molecular formula is C29H38O3. The van der Waals surface area contributed by atoms with E-state index in [2.05, 4.69) is 31.2 Å². The molecule has 0 atom stereocenters. The van der Waals surface area contributed by atoms with E-state index in [0.29, 0.717) is 5.92 Å². The highest BCUT2D eigenvalue weighted by atomic mass is 16.5. The van der Waals surface area contributed by atoms with Gasteiger partial charge >= 0.3 is 5.97 Å². The first-order valence-electron chi connectivity index (χ1n) is 12.4. The van der Waals surface area contributed by atoms with Gasteiger partial charge in [0.25, 0.3) is 0 Å². The first-order valence-corrected chi connectivity index (χ1v) is 12.4. The van der Waals surface area contributed by atoms with Gasteiger partial charge in [0.1, 0.15) is 5.75 Å². The first kappa shape index (κ1) is 24.1. The molecule has 2 aromatic carbocycles. The molecule has 1 aliphatic rings. The van der Waals surface area contributed by atoms with Gasteiger partial charge in [0.15, 0.2) is 0 Å². The molecule has 0 spiro atoms. The average Bonchev–Trinajstić information content (AvgIpc) is 2.83. The molecule has 1 fully saturated rings. The topological polar surface area (TPSA) is 46.5 Å². The normalized spacial score (nSPS) is 18.7. The lowest BCUT2D eigenvalue weighted by atomic mass is 9.80. The van der Waals surface area contributed by atoms with E-state index in [4.69, 9.17) is 9.84 Å². The fourth-order valence-corrected chi connectivity index (χ4v) is 4.64. The largest absolute Gasteiger partial charge is 0.493 e. The SMILES string of the molecule is CCCCCCCC1CCC(COc2ccc(-c3ccc(/C=C/C(=O)O)cc3)cc2)CC1. The highest BCUT2D eigenvalue weighted by Gasteiger charge is 2.21. The Labute approximate surface area is 193 Å². The lowest BCUT2D eigenvalue weighted by Crippen LogP contribution is -2.20. The minimum Gasteiger partial charge on any atom is -0.493 e. The van der Waals surface area contributed by atoms with E-state index >= 15 is 0 Å². The van der Waals surface area contributed by atoms with E-state index < -0.39 is 5.97 Å². The quantitative estimate of drug-likeness (QED) is 0.272. The van der Waals surface area contributed by atoms with Crippen LogP contribution in [-0.2, 0) is 4.79 Å². The van der Waals surface area contributed by atoms with Crippen molar-refractivity contribution < 1.29 is 14.6 Å². The molecule has 1 aliphatic carbocycles. The van der Waals surface area contributed by atoms with Gasteiger partial charge in [0, 0.05) is 6.08 Å². The Kier molecular flexibility index (Phi) is 9.87. The van der Waals surface area contributed by atoms with Crippen molar-refractivity contribution in [2.24, 2.45) is 11.8 Å². The summed E-state index contributed by atoms with van der Waals surface area (Å²) in [5, 5.41) is 8.73. The Bertz CT molecular complexity index is 828. The van der Waals surface area contributed by atoms with Crippen LogP contribution in [0.1, 0.15) is 76.7 Å². The number of carbonyl (C=O) groups is 1. The summed E-state index contributed by atoms with van der Waals surface area (Å²) >= 11 is 0. The van der Waals surface area contributed by atoms with Gasteiger partial charge in [0.2, 0.25) is 0 Å². The molecule has 32 heavy (non-hydrogen) atoms. The highest BCUT2D eigenvalue weighted by molar-refractivity contribution is 5.85. The van der Waals surface area contributed by atoms with Crippen LogP contribution in [-0.4, -0.2) is 17.7 Å². The maximum atomic E-state index is 10.6. The van der Waals surface area contributed by atoms with Gasteiger partial charge < -0.3 is 9.84 Å². The van der Waals surface area contributed by atoms with Crippen LogP contribution in [0.4, 0.5) is 0 Å². The van der Waals surface area contributed by atoms with E-state index in [9.17, 15) is 4.79 Å². The zero-order chi connectivity index (χ0) is 22.6. The Morgan fingerprint density at radius 1 is 0.875 bits per heavy atom. The summed E-state index contributed by atoms with van der Waals surface area (Å²) in [5.74, 6) is 1.64. The molecule has 1 N–H and O–H groups in total. The smallest absolute Gasteiger partial charge is 0.328 e. The molecule has 0 aromatic heterocycles. The summed E-state index contributed by atoms with van der Waals surface area (Å²) in [7, 11) is 0. The van der Waals surface area contributed by atoms with Gasteiger partial charge in [-0.15, -0.1) is 0 Å². The molecule has 0 aliphatic heterocycles. The molecule has 3 rings (SSSR count). The molecule has 3 heteroatoms. The van der Waals surface area contributed by atoms with Crippen LogP contribution >= 0.6 is 0 Å². The number of benzene rings is 2. The van der Waals surface area contributed by atoms with Crippen LogP contribution < -0.4 is 4.74 Å². The van der Waals surface area contributed by atoms with Crippen LogP contribution in [0.3, 0.4) is 0 Å². The molecule has 172 valence electrons. The number of hydrogen-bond acceptors (Lipinski definition) is 2. The van der Waals surface area contributed by atoms with Crippen molar-refractivity contribution in [1.82, 2.24) is 0 Å². The molecule has 2 aromatic rings. The third-order valence-electron chi connectivity index (χ3n) is 6.68. The number of carboxylic acids is 1. The lowest BCUT2D eigenvalue weighted by molar-refractivity contribution is -0.131. The van der Waals surface area contributed by atoms with Crippen molar-refractivity contribution in [2.75, 3.05) is 6.61 Å². The molecule has 0 heterocycles. The maximum absolute atomic E-state index is 10.6. The highest BCUT2D eigenvalue weighted by Crippen LogP contribution is 2.33. The second kappa shape index (κ2) is 13.1. The zero-order valence-corrected chi connectivity index (χ0v) is 19.5. The number of aliphatic carboxylic acids is 1. The van der Waals surface area contributed by atoms with Crippen molar-refractivity contribution in [3.05, 3.63) is 60.2 Å². The van der Waals surface area contributed by atoms with E-state index in [0.717, 1.165) is 41.0 Å². The summed E-state index contributed by atoms with van der Waals surface area (Å²) < 4.78 is 6.11. The molecule has 0 amide bonds. The Balaban J connectivity index is 1.39. The van der Waals surface area contributed by atoms with Crippen molar-refractivity contribution in [1.29, 1.82) is 0 Å². The van der Waals surface area contributed by atoms with Gasteiger partial charge in [0.05, 0.1) is 6.61 Å². The minimum absolute atomic E-state index is 0.692. The number of carboxylic acid groups (broad SMARTS) is 1. The van der Waals surface area contributed by atoms with Crippen molar-refractivity contribution in [2.45, 2.75) is 71.1 Å². The fourth-order valence-electron chi connectivity index (χ4n) is 4.64. The Morgan fingerprint density at radius 3 is 2.09 bits per heavy atom. The summed E-state index contributed by atoms with van der Waals surface area (Å²) in [6.07, 6.45) is 16.5. The summed E-state index contributed by atoms with van der Waals surface area (Å²) in [6, 6.07) is 16.2. The number of ether oxygens (including phenoxy) is 1. The summed E-state index contributed by atoms with van der Waals surface area (Å²) in [4.78, 5) is 10.6. The maximum Gasteiger partial charge on any atom is 0.328 e. The molecular weight excluding hydrogens is 396 g/mol. The second-order valence-electron chi connectivity index (χ2n) is 9.22. The molecule has 0 bridgehead atoms. The van der Waals surface area contributed by atoms with Crippen LogP contribution in [0.2, 0.25) is 0 Å². The molecule has 0 saturated heterocycles. The van der Waals surface area contributed by atoms with E-state index in [1.807, 2.05) is 24.3 Å². The zero-order valence-electron chi connectivity index (χ0n) is 19.5. The second-order valence-corrected chi connectivity index (χ2v) is 9.22. The molecule has 1 saturated carbocycles. The fraction of sp³-hybridized carbons (Fsp3) is 0.483. The van der Waals surface area contributed by atoms with Crippen LogP contribution in [0.25, 0.3) is 17.2 Å². The predicted molar refractivity (Wildman–Crippen MR) is 133 cm³/mol. The van der Waals surface area contributed by atoms with E-state index in [1.54, 1.807) is 6.08 Å².